The molecule has 0 aliphatic carbocycles. The average Bonchev–Trinajstić information content (AvgIpc) is 3.41. The van der Waals surface area contributed by atoms with Crippen molar-refractivity contribution in [3.05, 3.63) is 48.0 Å². The Kier molecular flexibility index (Phi) is 7.24. The number of ether oxygens (including phenoxy) is 3. The van der Waals surface area contributed by atoms with Crippen molar-refractivity contribution in [1.29, 1.82) is 0 Å². The van der Waals surface area contributed by atoms with Crippen molar-refractivity contribution in [3.63, 3.8) is 0 Å². The highest BCUT2D eigenvalue weighted by molar-refractivity contribution is 7.53. The van der Waals surface area contributed by atoms with E-state index >= 15 is 0 Å². The number of nitrogens with zero attached hydrogens (tertiary/aromatic N) is 4. The van der Waals surface area contributed by atoms with Gasteiger partial charge in [-0.05, 0) is 25.3 Å². The van der Waals surface area contributed by atoms with E-state index in [4.69, 9.17) is 19.9 Å². The lowest BCUT2D eigenvalue weighted by Gasteiger charge is -2.20. The molecule has 3 heterocycles. The fourth-order valence-electron chi connectivity index (χ4n) is 3.78. The molecule has 0 spiro atoms. The van der Waals surface area contributed by atoms with Crippen LogP contribution in [0.3, 0.4) is 0 Å². The van der Waals surface area contributed by atoms with Gasteiger partial charge in [-0.3, -0.25) is 9.13 Å². The molecule has 12 nitrogen and oxygen atoms in total. The maximum atomic E-state index is 11.9. The summed E-state index contributed by atoms with van der Waals surface area (Å²) in [5.74, 6) is -2.28. The summed E-state index contributed by atoms with van der Waals surface area (Å²) in [6, 6.07) is 9.77. The highest BCUT2D eigenvalue weighted by Gasteiger charge is 2.40. The van der Waals surface area contributed by atoms with Crippen LogP contribution < -0.4 is 5.73 Å². The van der Waals surface area contributed by atoms with Crippen molar-refractivity contribution < 1.29 is 33.4 Å². The first kappa shape index (κ1) is 24.2. The van der Waals surface area contributed by atoms with Crippen LogP contribution in [-0.2, 0) is 30.0 Å². The normalized spacial score (nSPS) is 19.4. The number of aromatic nitrogens is 4. The number of anilines is 1. The Hall–Kier alpha value is -2.89. The van der Waals surface area contributed by atoms with E-state index in [1.165, 1.54) is 6.92 Å². The second-order valence-corrected chi connectivity index (χ2v) is 9.48. The summed E-state index contributed by atoms with van der Waals surface area (Å²) in [6.07, 6.45) is 2.27. The van der Waals surface area contributed by atoms with E-state index in [0.717, 1.165) is 5.56 Å². The van der Waals surface area contributed by atoms with Gasteiger partial charge in [0.2, 0.25) is 0 Å². The molecule has 0 radical (unpaired) electrons. The van der Waals surface area contributed by atoms with Crippen molar-refractivity contribution in [2.24, 2.45) is 0 Å². The number of carbonyl (C=O) groups is 1. The molecule has 1 aliphatic heterocycles. The molecule has 0 amide bonds. The van der Waals surface area contributed by atoms with Crippen LogP contribution in [0.4, 0.5) is 5.82 Å². The quantitative estimate of drug-likeness (QED) is 0.294. The summed E-state index contributed by atoms with van der Waals surface area (Å²) < 4.78 is 29.3. The summed E-state index contributed by atoms with van der Waals surface area (Å²) in [5.41, 5.74) is 8.16. The Labute approximate surface area is 195 Å². The molecule has 1 fully saturated rings. The average molecular weight is 491 g/mol. The highest BCUT2D eigenvalue weighted by Crippen LogP contribution is 2.43. The van der Waals surface area contributed by atoms with Gasteiger partial charge in [-0.25, -0.2) is 19.7 Å². The van der Waals surface area contributed by atoms with Gasteiger partial charge < -0.3 is 29.7 Å². The second kappa shape index (κ2) is 10.2. The largest absolute Gasteiger partial charge is 0.464 e. The summed E-state index contributed by atoms with van der Waals surface area (Å²) in [7, 11) is -4.85. The molecule has 13 heteroatoms. The molecule has 0 bridgehead atoms. The zero-order chi connectivity index (χ0) is 24.3. The number of carbonyl (C=O) groups excluding carboxylic acids is 1. The fourth-order valence-corrected chi connectivity index (χ4v) is 4.41. The van der Waals surface area contributed by atoms with Crippen molar-refractivity contribution in [1.82, 2.24) is 19.5 Å². The number of nitrogen functional groups attached to an aromatic ring is 1. The summed E-state index contributed by atoms with van der Waals surface area (Å²) in [6.45, 7) is 1.33. The lowest BCUT2D eigenvalue weighted by Crippen LogP contribution is -2.30. The van der Waals surface area contributed by atoms with E-state index < -0.39 is 31.7 Å². The Balaban J connectivity index is 1.47. The van der Waals surface area contributed by atoms with E-state index in [2.05, 4.69) is 15.0 Å². The zero-order valence-corrected chi connectivity index (χ0v) is 19.4. The van der Waals surface area contributed by atoms with Crippen molar-refractivity contribution in [3.8, 4) is 0 Å². The zero-order valence-electron chi connectivity index (χ0n) is 18.5. The smallest absolute Gasteiger partial charge is 0.365 e. The number of esters is 1. The van der Waals surface area contributed by atoms with Gasteiger partial charge in [-0.2, -0.15) is 0 Å². The molecular formula is C21H26N5O7P. The van der Waals surface area contributed by atoms with Crippen LogP contribution in [0.15, 0.2) is 36.7 Å². The highest BCUT2D eigenvalue weighted by atomic mass is 31.2. The Bertz CT molecular complexity index is 1200. The number of hydrogen-bond donors (Lipinski definition) is 3. The van der Waals surface area contributed by atoms with Crippen LogP contribution in [0.25, 0.3) is 11.2 Å². The van der Waals surface area contributed by atoms with E-state index in [0.29, 0.717) is 36.3 Å². The molecule has 3 atom stereocenters. The predicted octanol–water partition coefficient (Wildman–Crippen LogP) is 1.76. The monoisotopic (exact) mass is 491 g/mol. The SMILES string of the molecule is CCOC(=O)[C@H](OC[C@@H]1CC[C@H](n2cnc3c(N)nc(Cc4ccccc4)nc32)O1)P(=O)(O)O. The number of benzene rings is 1. The summed E-state index contributed by atoms with van der Waals surface area (Å²) in [5, 5.41) is 0. The summed E-state index contributed by atoms with van der Waals surface area (Å²) in [4.78, 5) is 44.1. The maximum Gasteiger partial charge on any atom is 0.365 e. The van der Waals surface area contributed by atoms with E-state index in [-0.39, 0.29) is 19.0 Å². The minimum atomic E-state index is -4.85. The minimum Gasteiger partial charge on any atom is -0.464 e. The van der Waals surface area contributed by atoms with Crippen molar-refractivity contribution in [2.75, 3.05) is 18.9 Å². The topological polar surface area (TPSA) is 172 Å². The first-order valence-corrected chi connectivity index (χ1v) is 12.5. The van der Waals surface area contributed by atoms with Crippen LogP contribution in [0.2, 0.25) is 0 Å². The van der Waals surface area contributed by atoms with E-state index in [1.54, 1.807) is 10.9 Å². The third-order valence-electron chi connectivity index (χ3n) is 5.33. The molecule has 4 N–H and O–H groups in total. The fraction of sp³-hybridized carbons (Fsp3) is 0.429. The van der Waals surface area contributed by atoms with Gasteiger partial charge in [0.15, 0.2) is 11.5 Å². The number of rotatable bonds is 9. The number of fused-ring (bicyclic) bond motifs is 1. The van der Waals surface area contributed by atoms with Gasteiger partial charge in [0.25, 0.3) is 5.85 Å². The van der Waals surface area contributed by atoms with Gasteiger partial charge in [-0.1, -0.05) is 30.3 Å². The Morgan fingerprint density at radius 1 is 1.29 bits per heavy atom. The number of hydrogen-bond acceptors (Lipinski definition) is 9. The van der Waals surface area contributed by atoms with E-state index in [1.807, 2.05) is 30.3 Å². The molecular weight excluding hydrogens is 465 g/mol. The molecule has 4 rings (SSSR count). The molecule has 1 aliphatic rings. The summed E-state index contributed by atoms with van der Waals surface area (Å²) >= 11 is 0. The van der Waals surface area contributed by atoms with Gasteiger partial charge in [0, 0.05) is 6.42 Å². The molecule has 3 aromatic rings. The first-order chi connectivity index (χ1) is 16.3. The lowest BCUT2D eigenvalue weighted by atomic mass is 10.1. The van der Waals surface area contributed by atoms with Gasteiger partial charge in [0.05, 0.1) is 25.6 Å². The molecule has 2 aromatic heterocycles. The van der Waals surface area contributed by atoms with Crippen LogP contribution >= 0.6 is 7.60 Å². The first-order valence-electron chi connectivity index (χ1n) is 10.8. The Morgan fingerprint density at radius 3 is 2.76 bits per heavy atom. The molecule has 1 saturated heterocycles. The molecule has 1 aromatic carbocycles. The van der Waals surface area contributed by atoms with Crippen LogP contribution in [0.1, 0.15) is 37.4 Å². The van der Waals surface area contributed by atoms with Crippen LogP contribution in [0, 0.1) is 0 Å². The lowest BCUT2D eigenvalue weighted by molar-refractivity contribution is -0.154. The Morgan fingerprint density at radius 2 is 2.06 bits per heavy atom. The van der Waals surface area contributed by atoms with Crippen LogP contribution in [0.5, 0.6) is 0 Å². The van der Waals surface area contributed by atoms with Crippen LogP contribution in [-0.4, -0.2) is 60.4 Å². The third kappa shape index (κ3) is 5.43. The molecule has 0 saturated carbocycles. The second-order valence-electron chi connectivity index (χ2n) is 7.83. The van der Waals surface area contributed by atoms with Crippen molar-refractivity contribution >= 4 is 30.5 Å². The standard InChI is InChI=1S/C21H26N5O7P/c1-2-31-20(27)21(34(28,29)30)32-11-14-8-9-16(33-14)26-12-23-17-18(22)24-15(25-19(17)26)10-13-6-4-3-5-7-13/h3-7,12,14,16,21H,2,8-11H2,1H3,(H2,22,24,25)(H2,28,29,30)/t14-,16+,21+/m0/s1. The van der Waals surface area contributed by atoms with Gasteiger partial charge >= 0.3 is 13.6 Å². The minimum absolute atomic E-state index is 0.0222. The van der Waals surface area contributed by atoms with E-state index in [9.17, 15) is 19.1 Å². The molecule has 0 unspecified atom stereocenters. The molecule has 34 heavy (non-hydrogen) atoms. The third-order valence-corrected chi connectivity index (χ3v) is 6.30. The number of nitrogens with two attached hydrogens (primary N) is 1. The molecule has 182 valence electrons. The van der Waals surface area contributed by atoms with Gasteiger partial charge in [0.1, 0.15) is 17.6 Å². The number of imidazole rings is 1. The van der Waals surface area contributed by atoms with Gasteiger partial charge in [-0.15, -0.1) is 0 Å². The van der Waals surface area contributed by atoms with Crippen molar-refractivity contribution in [2.45, 2.75) is 44.4 Å². The maximum absolute atomic E-state index is 11.9. The predicted molar refractivity (Wildman–Crippen MR) is 121 cm³/mol.